The van der Waals surface area contributed by atoms with Gasteiger partial charge in [-0.05, 0) is 30.7 Å². The molecule has 0 aliphatic heterocycles. The van der Waals surface area contributed by atoms with Crippen molar-refractivity contribution < 1.29 is 9.90 Å². The highest BCUT2D eigenvalue weighted by molar-refractivity contribution is 9.10. The summed E-state index contributed by atoms with van der Waals surface area (Å²) in [5, 5.41) is 20.5. The molecule has 1 aromatic rings. The molecule has 0 unspecified atom stereocenters. The minimum Gasteiger partial charge on any atom is -0.478 e. The molecular formula is C12H11BrN2O2. The zero-order valence-electron chi connectivity index (χ0n) is 9.20. The van der Waals surface area contributed by atoms with Crippen molar-refractivity contribution in [2.24, 2.45) is 0 Å². The number of rotatable bonds is 4. The Kier molecular flexibility index (Phi) is 4.73. The van der Waals surface area contributed by atoms with Crippen LogP contribution in [0.15, 0.2) is 34.3 Å². The van der Waals surface area contributed by atoms with Crippen LogP contribution in [0.1, 0.15) is 12.5 Å². The number of halogens is 1. The Hall–Kier alpha value is -1.80. The van der Waals surface area contributed by atoms with Crippen LogP contribution in [0, 0.1) is 11.3 Å². The van der Waals surface area contributed by atoms with E-state index in [1.54, 1.807) is 25.1 Å². The molecule has 1 aromatic carbocycles. The van der Waals surface area contributed by atoms with Gasteiger partial charge >= 0.3 is 5.97 Å². The van der Waals surface area contributed by atoms with Crippen LogP contribution in [0.4, 0.5) is 5.69 Å². The molecule has 0 amide bonds. The lowest BCUT2D eigenvalue weighted by Gasteiger charge is -2.08. The Bertz CT molecular complexity index is 504. The Morgan fingerprint density at radius 3 is 2.94 bits per heavy atom. The van der Waals surface area contributed by atoms with Gasteiger partial charge in [-0.2, -0.15) is 5.26 Å². The van der Waals surface area contributed by atoms with Crippen LogP contribution >= 0.6 is 15.9 Å². The molecule has 0 bridgehead atoms. The highest BCUT2D eigenvalue weighted by atomic mass is 79.9. The van der Waals surface area contributed by atoms with Crippen molar-refractivity contribution in [3.8, 4) is 6.07 Å². The maximum absolute atomic E-state index is 10.4. The first-order chi connectivity index (χ1) is 8.02. The largest absolute Gasteiger partial charge is 0.478 e. The molecule has 0 aliphatic rings. The zero-order chi connectivity index (χ0) is 12.8. The Labute approximate surface area is 108 Å². The van der Waals surface area contributed by atoms with Gasteiger partial charge in [-0.1, -0.05) is 15.9 Å². The fourth-order valence-corrected chi connectivity index (χ4v) is 1.62. The summed E-state index contributed by atoms with van der Waals surface area (Å²) in [6.45, 7) is 2.10. The van der Waals surface area contributed by atoms with Crippen molar-refractivity contribution in [2.45, 2.75) is 6.92 Å². The summed E-state index contributed by atoms with van der Waals surface area (Å²) in [7, 11) is 0. The van der Waals surface area contributed by atoms with E-state index in [1.807, 2.05) is 0 Å². The summed E-state index contributed by atoms with van der Waals surface area (Å²) in [6, 6.07) is 7.33. The van der Waals surface area contributed by atoms with Gasteiger partial charge in [0.25, 0.3) is 0 Å². The zero-order valence-corrected chi connectivity index (χ0v) is 10.8. The number of carboxylic acids is 1. The molecular weight excluding hydrogens is 284 g/mol. The van der Waals surface area contributed by atoms with Crippen LogP contribution in [0.5, 0.6) is 0 Å². The van der Waals surface area contributed by atoms with E-state index in [0.29, 0.717) is 23.4 Å². The molecule has 17 heavy (non-hydrogen) atoms. The lowest BCUT2D eigenvalue weighted by Crippen LogP contribution is -2.06. The SMILES string of the molecule is C/C(=C/C(=O)O)CNc1cc(Br)ccc1C#N. The van der Waals surface area contributed by atoms with Crippen LogP contribution in [0.2, 0.25) is 0 Å². The van der Waals surface area contributed by atoms with Gasteiger partial charge in [0.15, 0.2) is 0 Å². The first kappa shape index (κ1) is 13.3. The number of aliphatic carboxylic acids is 1. The maximum atomic E-state index is 10.4. The Morgan fingerprint density at radius 1 is 1.65 bits per heavy atom. The van der Waals surface area contributed by atoms with Crippen molar-refractivity contribution in [2.75, 3.05) is 11.9 Å². The standard InChI is InChI=1S/C12H11BrN2O2/c1-8(4-12(16)17)7-15-11-5-10(13)3-2-9(11)6-14/h2-5,15H,7H2,1H3,(H,16,17)/b8-4-. The monoisotopic (exact) mass is 294 g/mol. The number of nitrogens with zero attached hydrogens (tertiary/aromatic N) is 1. The predicted molar refractivity (Wildman–Crippen MR) is 68.7 cm³/mol. The maximum Gasteiger partial charge on any atom is 0.328 e. The van der Waals surface area contributed by atoms with E-state index in [1.165, 1.54) is 0 Å². The number of hydrogen-bond donors (Lipinski definition) is 2. The number of benzene rings is 1. The molecule has 0 atom stereocenters. The topological polar surface area (TPSA) is 73.1 Å². The Morgan fingerprint density at radius 2 is 2.35 bits per heavy atom. The number of anilines is 1. The van der Waals surface area contributed by atoms with Gasteiger partial charge in [-0.15, -0.1) is 0 Å². The van der Waals surface area contributed by atoms with Crippen LogP contribution in [0.3, 0.4) is 0 Å². The van der Waals surface area contributed by atoms with Gasteiger partial charge in [0.05, 0.1) is 11.3 Å². The molecule has 88 valence electrons. The predicted octanol–water partition coefficient (Wildman–Crippen LogP) is 2.76. The second-order valence-corrected chi connectivity index (χ2v) is 4.40. The second kappa shape index (κ2) is 6.06. The summed E-state index contributed by atoms with van der Waals surface area (Å²) in [5.74, 6) is -0.973. The van der Waals surface area contributed by atoms with Crippen LogP contribution in [0.25, 0.3) is 0 Å². The molecule has 0 aromatic heterocycles. The second-order valence-electron chi connectivity index (χ2n) is 3.48. The van der Waals surface area contributed by atoms with Gasteiger partial charge in [0.1, 0.15) is 6.07 Å². The quantitative estimate of drug-likeness (QED) is 0.838. The molecule has 1 rings (SSSR count). The van der Waals surface area contributed by atoms with E-state index in [0.717, 1.165) is 10.5 Å². The average Bonchev–Trinajstić information content (AvgIpc) is 2.25. The minimum atomic E-state index is -0.973. The Balaban J connectivity index is 2.79. The van der Waals surface area contributed by atoms with E-state index in [-0.39, 0.29) is 0 Å². The van der Waals surface area contributed by atoms with Crippen LogP contribution < -0.4 is 5.32 Å². The molecule has 4 nitrogen and oxygen atoms in total. The van der Waals surface area contributed by atoms with Crippen molar-refractivity contribution in [1.29, 1.82) is 5.26 Å². The van der Waals surface area contributed by atoms with E-state index < -0.39 is 5.97 Å². The third-order valence-corrected chi connectivity index (χ3v) is 2.52. The summed E-state index contributed by atoms with van der Waals surface area (Å²) in [6.07, 6.45) is 1.14. The molecule has 0 spiro atoms. The summed E-state index contributed by atoms with van der Waals surface area (Å²) < 4.78 is 0.860. The number of carbonyl (C=O) groups is 1. The minimum absolute atomic E-state index is 0.386. The lowest BCUT2D eigenvalue weighted by atomic mass is 10.2. The molecule has 0 saturated heterocycles. The van der Waals surface area contributed by atoms with E-state index in [9.17, 15) is 4.79 Å². The van der Waals surface area contributed by atoms with Crippen molar-refractivity contribution >= 4 is 27.6 Å². The van der Waals surface area contributed by atoms with Crippen molar-refractivity contribution in [3.05, 3.63) is 39.9 Å². The highest BCUT2D eigenvalue weighted by Crippen LogP contribution is 2.20. The normalized spacial score (nSPS) is 10.8. The number of hydrogen-bond acceptors (Lipinski definition) is 3. The molecule has 0 saturated carbocycles. The molecule has 0 radical (unpaired) electrons. The fraction of sp³-hybridized carbons (Fsp3) is 0.167. The first-order valence-electron chi connectivity index (χ1n) is 4.86. The van der Waals surface area contributed by atoms with Gasteiger partial charge in [-0.25, -0.2) is 4.79 Å². The van der Waals surface area contributed by atoms with Gasteiger partial charge in [-0.3, -0.25) is 0 Å². The average molecular weight is 295 g/mol. The van der Waals surface area contributed by atoms with Gasteiger partial charge in [0, 0.05) is 17.1 Å². The lowest BCUT2D eigenvalue weighted by molar-refractivity contribution is -0.131. The number of carboxylic acid groups (broad SMARTS) is 1. The molecule has 5 heteroatoms. The molecule has 2 N–H and O–H groups in total. The van der Waals surface area contributed by atoms with E-state index >= 15 is 0 Å². The van der Waals surface area contributed by atoms with E-state index in [4.69, 9.17) is 10.4 Å². The summed E-state index contributed by atoms with van der Waals surface area (Å²) >= 11 is 3.31. The van der Waals surface area contributed by atoms with E-state index in [2.05, 4.69) is 27.3 Å². The third kappa shape index (κ3) is 4.29. The highest BCUT2D eigenvalue weighted by Gasteiger charge is 2.02. The van der Waals surface area contributed by atoms with Crippen LogP contribution in [-0.2, 0) is 4.79 Å². The molecule has 0 aliphatic carbocycles. The van der Waals surface area contributed by atoms with Gasteiger partial charge < -0.3 is 10.4 Å². The fourth-order valence-electron chi connectivity index (χ4n) is 1.26. The summed E-state index contributed by atoms with van der Waals surface area (Å²) in [5.41, 5.74) is 1.89. The molecule has 0 heterocycles. The van der Waals surface area contributed by atoms with Gasteiger partial charge in [0.2, 0.25) is 0 Å². The summed E-state index contributed by atoms with van der Waals surface area (Å²) in [4.78, 5) is 10.4. The van der Waals surface area contributed by atoms with Crippen molar-refractivity contribution in [3.63, 3.8) is 0 Å². The first-order valence-corrected chi connectivity index (χ1v) is 5.66. The smallest absolute Gasteiger partial charge is 0.328 e. The third-order valence-electron chi connectivity index (χ3n) is 2.03. The van der Waals surface area contributed by atoms with Crippen LogP contribution in [-0.4, -0.2) is 17.6 Å². The number of nitrogens with one attached hydrogen (secondary N) is 1. The number of nitriles is 1. The van der Waals surface area contributed by atoms with Crippen molar-refractivity contribution in [1.82, 2.24) is 0 Å². The molecule has 0 fully saturated rings.